The molecule has 0 spiro atoms. The van der Waals surface area contributed by atoms with Crippen molar-refractivity contribution in [2.45, 2.75) is 57.0 Å². The summed E-state index contributed by atoms with van der Waals surface area (Å²) in [6.07, 6.45) is -0.0934. The zero-order valence-electron chi connectivity index (χ0n) is 26.3. The number of aliphatic hydroxyl groups is 4. The van der Waals surface area contributed by atoms with Crippen LogP contribution in [0.2, 0.25) is 0 Å². The van der Waals surface area contributed by atoms with Crippen LogP contribution in [-0.4, -0.2) is 108 Å². The van der Waals surface area contributed by atoms with Crippen molar-refractivity contribution < 1.29 is 48.3 Å². The van der Waals surface area contributed by atoms with Gasteiger partial charge in [-0.3, -0.25) is 14.0 Å². The Bertz CT molecular complexity index is 1800. The van der Waals surface area contributed by atoms with Crippen LogP contribution >= 0.6 is 0 Å². The second-order valence-corrected chi connectivity index (χ2v) is 12.0. The molecule has 14 nitrogen and oxygen atoms in total. The summed E-state index contributed by atoms with van der Waals surface area (Å²) in [5, 5.41) is 45.7. The van der Waals surface area contributed by atoms with E-state index in [4.69, 9.17) is 4.74 Å². The normalized spacial score (nSPS) is 23.1. The number of aryl methyl sites for hydroxylation is 1. The number of amides is 2. The van der Waals surface area contributed by atoms with Crippen LogP contribution in [0.4, 0.5) is 20.3 Å². The van der Waals surface area contributed by atoms with Gasteiger partial charge in [-0.05, 0) is 67.8 Å². The number of benzene rings is 2. The molecule has 0 saturated carbocycles. The third-order valence-electron chi connectivity index (χ3n) is 8.88. The van der Waals surface area contributed by atoms with Crippen molar-refractivity contribution in [3.8, 4) is 17.0 Å². The van der Waals surface area contributed by atoms with Gasteiger partial charge in [0.25, 0.3) is 5.91 Å². The number of hydrogen-bond donors (Lipinski definition) is 6. The van der Waals surface area contributed by atoms with Gasteiger partial charge in [0.05, 0.1) is 18.5 Å². The van der Waals surface area contributed by atoms with E-state index < -0.39 is 55.7 Å². The number of imidazole rings is 1. The highest BCUT2D eigenvalue weighted by Gasteiger charge is 2.45. The lowest BCUT2D eigenvalue weighted by Crippen LogP contribution is -2.64. The Kier molecular flexibility index (Phi) is 10.0. The largest absolute Gasteiger partial charge is 0.435 e. The van der Waals surface area contributed by atoms with Crippen LogP contribution in [0.15, 0.2) is 61.1 Å². The highest BCUT2D eigenvalue weighted by molar-refractivity contribution is 5.96. The van der Waals surface area contributed by atoms with Gasteiger partial charge in [-0.1, -0.05) is 0 Å². The Morgan fingerprint density at radius 3 is 2.47 bits per heavy atom. The highest BCUT2D eigenvalue weighted by Crippen LogP contribution is 2.29. The number of rotatable bonds is 9. The van der Waals surface area contributed by atoms with E-state index in [0.717, 1.165) is 16.8 Å². The summed E-state index contributed by atoms with van der Waals surface area (Å²) < 4.78 is 36.4. The van der Waals surface area contributed by atoms with Crippen molar-refractivity contribution in [1.29, 1.82) is 0 Å². The first-order valence-electron chi connectivity index (χ1n) is 15.7. The van der Waals surface area contributed by atoms with Crippen LogP contribution in [0.1, 0.15) is 28.8 Å². The van der Waals surface area contributed by atoms with E-state index in [-0.39, 0.29) is 11.7 Å². The van der Waals surface area contributed by atoms with E-state index in [9.17, 15) is 38.8 Å². The molecule has 0 bridgehead atoms. The number of fused-ring (bicyclic) bond motifs is 1. The predicted octanol–water partition coefficient (Wildman–Crippen LogP) is 1.82. The Morgan fingerprint density at radius 1 is 1.06 bits per heavy atom. The minimum Gasteiger partial charge on any atom is -0.435 e. The lowest BCUT2D eigenvalue weighted by Gasteiger charge is -2.41. The number of alkyl halides is 2. The van der Waals surface area contributed by atoms with Gasteiger partial charge in [-0.15, -0.1) is 0 Å². The Balaban J connectivity index is 1.07. The molecular weight excluding hydrogens is 646 g/mol. The quantitative estimate of drug-likeness (QED) is 0.151. The average Bonchev–Trinajstić information content (AvgIpc) is 3.53. The number of likely N-dealkylation sites (tertiary alicyclic amines) is 1. The molecule has 2 aliphatic heterocycles. The maximum absolute atomic E-state index is 13.5. The number of aromatic nitrogens is 3. The smallest absolute Gasteiger partial charge is 0.387 e. The molecule has 49 heavy (non-hydrogen) atoms. The average molecular weight is 683 g/mol. The molecule has 2 aliphatic rings. The van der Waals surface area contributed by atoms with Gasteiger partial charge in [0.1, 0.15) is 30.1 Å². The van der Waals surface area contributed by atoms with E-state index >= 15 is 0 Å². The summed E-state index contributed by atoms with van der Waals surface area (Å²) in [7, 11) is 0. The summed E-state index contributed by atoms with van der Waals surface area (Å²) in [6.45, 7) is -1.07. The number of halogens is 2. The topological polar surface area (TPSA) is 191 Å². The standard InChI is InChI=1S/C33H36F2N6O8/c1-17-14-20(38-28-29-37-15-23(41(29)13-10-36-28)18-2-5-21(6-3-18)48-33(34)35)4-7-22(17)31(46)40-11-8-19(9-12-40)30(45)39-25-27(44)26(43)24(16-42)49-32(25)47/h2-7,10,13-15,19,24-27,32-33,42-44,47H,8-9,11-12,16H2,1H3,(H,36,38)(H,39,45). The molecule has 6 rings (SSSR count). The molecular formula is C33H36F2N6O8. The molecule has 4 heterocycles. The molecule has 16 heteroatoms. The van der Waals surface area contributed by atoms with Crippen molar-refractivity contribution in [3.05, 3.63) is 72.2 Å². The zero-order valence-corrected chi connectivity index (χ0v) is 26.3. The number of ether oxygens (including phenoxy) is 2. The molecule has 4 aromatic rings. The van der Waals surface area contributed by atoms with Crippen molar-refractivity contribution in [3.63, 3.8) is 0 Å². The van der Waals surface area contributed by atoms with E-state index in [0.29, 0.717) is 48.6 Å². The molecule has 2 aromatic heterocycles. The number of nitrogens with zero attached hydrogens (tertiary/aromatic N) is 4. The molecule has 5 atom stereocenters. The molecule has 0 aliphatic carbocycles. The van der Waals surface area contributed by atoms with Crippen LogP contribution in [0.5, 0.6) is 5.75 Å². The lowest BCUT2D eigenvalue weighted by molar-refractivity contribution is -0.254. The number of aliphatic hydroxyl groups excluding tert-OH is 4. The monoisotopic (exact) mass is 682 g/mol. The number of anilines is 2. The first-order valence-corrected chi connectivity index (χ1v) is 15.7. The third-order valence-corrected chi connectivity index (χ3v) is 8.88. The maximum Gasteiger partial charge on any atom is 0.387 e. The van der Waals surface area contributed by atoms with E-state index in [2.05, 4.69) is 25.3 Å². The number of piperidine rings is 1. The number of hydrogen-bond acceptors (Lipinski definition) is 11. The number of carbonyl (C=O) groups is 2. The first kappa shape index (κ1) is 34.1. The van der Waals surface area contributed by atoms with Gasteiger partial charge in [-0.2, -0.15) is 8.78 Å². The van der Waals surface area contributed by atoms with Gasteiger partial charge in [0.15, 0.2) is 17.8 Å². The van der Waals surface area contributed by atoms with E-state index in [1.54, 1.807) is 47.8 Å². The van der Waals surface area contributed by atoms with Crippen LogP contribution < -0.4 is 15.4 Å². The first-order chi connectivity index (χ1) is 23.5. The van der Waals surface area contributed by atoms with Crippen LogP contribution in [0.3, 0.4) is 0 Å². The summed E-state index contributed by atoms with van der Waals surface area (Å²) in [4.78, 5) is 37.0. The Morgan fingerprint density at radius 2 is 1.80 bits per heavy atom. The molecule has 5 unspecified atom stereocenters. The summed E-state index contributed by atoms with van der Waals surface area (Å²) in [6, 6.07) is 10.3. The van der Waals surface area contributed by atoms with Crippen LogP contribution in [0.25, 0.3) is 16.9 Å². The van der Waals surface area contributed by atoms with E-state index in [1.165, 1.54) is 12.1 Å². The second kappa shape index (κ2) is 14.4. The zero-order chi connectivity index (χ0) is 34.8. The molecule has 2 amide bonds. The number of nitrogens with one attached hydrogen (secondary N) is 2. The highest BCUT2D eigenvalue weighted by atomic mass is 19.3. The van der Waals surface area contributed by atoms with Crippen molar-refractivity contribution in [1.82, 2.24) is 24.6 Å². The fourth-order valence-corrected chi connectivity index (χ4v) is 6.20. The van der Waals surface area contributed by atoms with Crippen molar-refractivity contribution in [2.75, 3.05) is 25.0 Å². The van der Waals surface area contributed by atoms with Crippen LogP contribution in [-0.2, 0) is 9.53 Å². The maximum atomic E-state index is 13.5. The SMILES string of the molecule is Cc1cc(Nc2nccn3c(-c4ccc(OC(F)F)cc4)cnc23)ccc1C(=O)N1CCC(C(=O)NC2C(O)OC(CO)C(O)C2O)CC1. The second-order valence-electron chi connectivity index (χ2n) is 12.0. The summed E-state index contributed by atoms with van der Waals surface area (Å²) in [5.41, 5.74) is 3.88. The van der Waals surface area contributed by atoms with E-state index in [1.807, 2.05) is 17.4 Å². The molecule has 0 radical (unpaired) electrons. The minimum atomic E-state index is -2.91. The molecule has 260 valence electrons. The fraction of sp³-hybridized carbons (Fsp3) is 0.394. The van der Waals surface area contributed by atoms with Gasteiger partial charge in [0, 0.05) is 48.2 Å². The number of carbonyl (C=O) groups excluding carboxylic acids is 2. The van der Waals surface area contributed by atoms with Crippen molar-refractivity contribution in [2.24, 2.45) is 5.92 Å². The molecule has 6 N–H and O–H groups in total. The fourth-order valence-electron chi connectivity index (χ4n) is 6.20. The summed E-state index contributed by atoms with van der Waals surface area (Å²) >= 11 is 0. The van der Waals surface area contributed by atoms with Gasteiger partial charge >= 0.3 is 6.61 Å². The molecule has 2 aromatic carbocycles. The van der Waals surface area contributed by atoms with Crippen molar-refractivity contribution >= 4 is 29.0 Å². The molecule has 2 saturated heterocycles. The summed E-state index contributed by atoms with van der Waals surface area (Å²) in [5.74, 6) is -0.592. The third kappa shape index (κ3) is 7.18. The molecule has 2 fully saturated rings. The Labute approximate surface area is 278 Å². The minimum absolute atomic E-state index is 0.0514. The predicted molar refractivity (Wildman–Crippen MR) is 170 cm³/mol. The lowest BCUT2D eigenvalue weighted by atomic mass is 9.92. The van der Waals surface area contributed by atoms with Gasteiger partial charge in [0.2, 0.25) is 5.91 Å². The van der Waals surface area contributed by atoms with Gasteiger partial charge in [-0.25, -0.2) is 9.97 Å². The van der Waals surface area contributed by atoms with Crippen LogP contribution in [0, 0.1) is 12.8 Å². The van der Waals surface area contributed by atoms with Gasteiger partial charge < -0.3 is 45.4 Å². The Hall–Kier alpha value is -4.74.